The number of thiophene rings is 1. The molecule has 8 heteroatoms. The minimum Gasteiger partial charge on any atom is -0.477 e. The average Bonchev–Trinajstić information content (AvgIpc) is 2.50. The zero-order chi connectivity index (χ0) is 10.7. The predicted octanol–water partition coefficient (Wildman–Crippen LogP) is 0.341. The Kier molecular flexibility index (Phi) is 3.44. The van der Waals surface area contributed by atoms with Crippen molar-refractivity contribution in [3.8, 4) is 0 Å². The molecule has 0 aliphatic rings. The summed E-state index contributed by atoms with van der Waals surface area (Å²) in [5.74, 6) is -1.05. The van der Waals surface area contributed by atoms with Crippen molar-refractivity contribution in [2.24, 2.45) is 0 Å². The Morgan fingerprint density at radius 3 is 2.71 bits per heavy atom. The molecule has 1 N–H and O–H groups in total. The van der Waals surface area contributed by atoms with Gasteiger partial charge in [0.15, 0.2) is 0 Å². The van der Waals surface area contributed by atoms with E-state index >= 15 is 0 Å². The van der Waals surface area contributed by atoms with E-state index in [4.69, 9.17) is 5.11 Å². The molecule has 0 aliphatic heterocycles. The van der Waals surface area contributed by atoms with Crippen molar-refractivity contribution in [2.45, 2.75) is 0 Å². The molecule has 0 radical (unpaired) electrons. The normalized spacial score (nSPS) is 10.4. The number of thiol groups is 1. The summed E-state index contributed by atoms with van der Waals surface area (Å²) in [7, 11) is -1.61. The summed E-state index contributed by atoms with van der Waals surface area (Å²) in [5, 5.41) is 11.1. The number of carboxylic acids is 1. The van der Waals surface area contributed by atoms with Gasteiger partial charge in [-0.1, -0.05) is 0 Å². The zero-order valence-corrected chi connectivity index (χ0v) is 8.75. The lowest BCUT2D eigenvalue weighted by atomic mass is 10.4. The van der Waals surface area contributed by atoms with Crippen molar-refractivity contribution in [2.75, 3.05) is 12.1 Å². The van der Waals surface area contributed by atoms with Crippen LogP contribution in [0, 0.1) is 0 Å². The SMILES string of the molecule is CN(O[SH](=O)=O)c1csc(C(=O)O)c1. The first kappa shape index (κ1) is 11.0. The number of nitrogens with zero attached hydrogens (tertiary/aromatic N) is 1. The van der Waals surface area contributed by atoms with Crippen LogP contribution in [0.25, 0.3) is 0 Å². The van der Waals surface area contributed by atoms with Crippen LogP contribution in [-0.4, -0.2) is 26.5 Å². The topological polar surface area (TPSA) is 83.9 Å². The lowest BCUT2D eigenvalue weighted by molar-refractivity contribution is 0.0702. The van der Waals surface area contributed by atoms with Gasteiger partial charge in [0.05, 0.1) is 5.69 Å². The molecule has 1 aromatic heterocycles. The average molecular weight is 237 g/mol. The molecule has 0 bridgehead atoms. The lowest BCUT2D eigenvalue weighted by Gasteiger charge is -2.10. The van der Waals surface area contributed by atoms with Gasteiger partial charge in [-0.2, -0.15) is 4.28 Å². The molecule has 6 nitrogen and oxygen atoms in total. The standard InChI is InChI=1S/C6H7NO5S2/c1-7(12-14(10)11)4-2-5(6(8)9)13-3-4/h2-3,14H,1H3,(H,8,9). The first-order valence-corrected chi connectivity index (χ1v) is 5.36. The van der Waals surface area contributed by atoms with Crippen molar-refractivity contribution < 1.29 is 22.6 Å². The maximum absolute atomic E-state index is 10.5. The number of hydrogen-bond acceptors (Lipinski definition) is 6. The molecule has 78 valence electrons. The van der Waals surface area contributed by atoms with Crippen LogP contribution in [0.15, 0.2) is 11.4 Å². The van der Waals surface area contributed by atoms with E-state index in [9.17, 15) is 13.2 Å². The van der Waals surface area contributed by atoms with E-state index in [1.807, 2.05) is 0 Å². The predicted molar refractivity (Wildman–Crippen MR) is 51.1 cm³/mol. The highest BCUT2D eigenvalue weighted by atomic mass is 32.2. The van der Waals surface area contributed by atoms with E-state index < -0.39 is 17.0 Å². The second kappa shape index (κ2) is 4.40. The van der Waals surface area contributed by atoms with Crippen LogP contribution in [-0.2, 0) is 15.3 Å². The third kappa shape index (κ3) is 2.69. The van der Waals surface area contributed by atoms with Gasteiger partial charge in [0.25, 0.3) is 11.0 Å². The summed E-state index contributed by atoms with van der Waals surface area (Å²) < 4.78 is 24.7. The molecule has 0 fully saturated rings. The number of carboxylic acid groups (broad SMARTS) is 1. The Hall–Kier alpha value is -1.12. The fourth-order valence-corrected chi connectivity index (χ4v) is 1.80. The maximum Gasteiger partial charge on any atom is 0.345 e. The maximum atomic E-state index is 10.5. The van der Waals surface area contributed by atoms with Gasteiger partial charge >= 0.3 is 5.97 Å². The van der Waals surface area contributed by atoms with Gasteiger partial charge in [0.1, 0.15) is 4.88 Å². The van der Waals surface area contributed by atoms with Crippen molar-refractivity contribution in [1.29, 1.82) is 0 Å². The summed E-state index contributed by atoms with van der Waals surface area (Å²) in [6.07, 6.45) is 0. The van der Waals surface area contributed by atoms with E-state index in [0.29, 0.717) is 5.69 Å². The summed E-state index contributed by atoms with van der Waals surface area (Å²) >= 11 is 0.995. The number of aromatic carboxylic acids is 1. The van der Waals surface area contributed by atoms with E-state index in [2.05, 4.69) is 4.28 Å². The number of hydrogen-bond donors (Lipinski definition) is 2. The van der Waals surface area contributed by atoms with Gasteiger partial charge in [0.2, 0.25) is 0 Å². The smallest absolute Gasteiger partial charge is 0.345 e. The molecule has 0 unspecified atom stereocenters. The van der Waals surface area contributed by atoms with Crippen LogP contribution < -0.4 is 5.06 Å². The third-order valence-electron chi connectivity index (χ3n) is 1.35. The van der Waals surface area contributed by atoms with E-state index in [1.54, 1.807) is 0 Å². The van der Waals surface area contributed by atoms with Crippen molar-refractivity contribution in [3.05, 3.63) is 16.3 Å². The molecule has 1 aromatic rings. The third-order valence-corrected chi connectivity index (χ3v) is 2.63. The number of carbonyl (C=O) groups is 1. The molecule has 1 rings (SSSR count). The molecule has 14 heavy (non-hydrogen) atoms. The summed E-state index contributed by atoms with van der Waals surface area (Å²) in [4.78, 5) is 10.6. The molecule has 0 aromatic carbocycles. The highest BCUT2D eigenvalue weighted by molar-refractivity contribution is 7.67. The molecule has 0 aliphatic carbocycles. The first-order valence-electron chi connectivity index (χ1n) is 3.38. The second-order valence-corrected chi connectivity index (χ2v) is 3.80. The Bertz CT molecular complexity index is 402. The highest BCUT2D eigenvalue weighted by Crippen LogP contribution is 2.22. The molecule has 1 heterocycles. The van der Waals surface area contributed by atoms with Gasteiger partial charge in [-0.15, -0.1) is 11.3 Å². The molecular formula is C6H7NO5S2. The minimum absolute atomic E-state index is 0.122. The Balaban J connectivity index is 2.80. The quantitative estimate of drug-likeness (QED) is 0.580. The largest absolute Gasteiger partial charge is 0.477 e. The first-order chi connectivity index (χ1) is 6.50. The Morgan fingerprint density at radius 2 is 2.29 bits per heavy atom. The molecule has 0 atom stereocenters. The molecule has 0 saturated heterocycles. The number of hydroxylamine groups is 1. The Morgan fingerprint density at radius 1 is 1.64 bits per heavy atom. The highest BCUT2D eigenvalue weighted by Gasteiger charge is 2.10. The van der Waals surface area contributed by atoms with Crippen molar-refractivity contribution in [3.63, 3.8) is 0 Å². The molecule has 0 saturated carbocycles. The van der Waals surface area contributed by atoms with Gasteiger partial charge < -0.3 is 5.11 Å². The van der Waals surface area contributed by atoms with Gasteiger partial charge in [-0.05, 0) is 6.07 Å². The lowest BCUT2D eigenvalue weighted by Crippen LogP contribution is -2.15. The minimum atomic E-state index is -2.99. The van der Waals surface area contributed by atoms with Crippen molar-refractivity contribution >= 4 is 34.0 Å². The van der Waals surface area contributed by atoms with Crippen LogP contribution in [0.1, 0.15) is 9.67 Å². The summed E-state index contributed by atoms with van der Waals surface area (Å²) in [6, 6.07) is 1.33. The van der Waals surface area contributed by atoms with Crippen LogP contribution in [0.4, 0.5) is 5.69 Å². The molecule has 0 spiro atoms. The van der Waals surface area contributed by atoms with Crippen LogP contribution in [0.5, 0.6) is 0 Å². The van der Waals surface area contributed by atoms with E-state index in [0.717, 1.165) is 16.4 Å². The number of anilines is 1. The summed E-state index contributed by atoms with van der Waals surface area (Å²) in [6.45, 7) is 0. The molecular weight excluding hydrogens is 230 g/mol. The van der Waals surface area contributed by atoms with Crippen molar-refractivity contribution in [1.82, 2.24) is 0 Å². The Labute approximate surface area is 85.5 Å². The fourth-order valence-electron chi connectivity index (χ4n) is 0.751. The van der Waals surface area contributed by atoms with Gasteiger partial charge in [-0.25, -0.2) is 18.3 Å². The second-order valence-electron chi connectivity index (χ2n) is 2.28. The zero-order valence-electron chi connectivity index (χ0n) is 7.04. The van der Waals surface area contributed by atoms with Crippen LogP contribution >= 0.6 is 11.3 Å². The number of rotatable bonds is 4. The molecule has 0 amide bonds. The van der Waals surface area contributed by atoms with E-state index in [-0.39, 0.29) is 4.88 Å². The van der Waals surface area contributed by atoms with Crippen LogP contribution in [0.2, 0.25) is 0 Å². The summed E-state index contributed by atoms with van der Waals surface area (Å²) in [5.41, 5.74) is 0.381. The monoisotopic (exact) mass is 237 g/mol. The van der Waals surface area contributed by atoms with E-state index in [1.165, 1.54) is 18.5 Å². The van der Waals surface area contributed by atoms with Gasteiger partial charge in [-0.3, -0.25) is 0 Å². The fraction of sp³-hybridized carbons (Fsp3) is 0.167. The van der Waals surface area contributed by atoms with Gasteiger partial charge in [0, 0.05) is 12.4 Å². The van der Waals surface area contributed by atoms with Crippen LogP contribution in [0.3, 0.4) is 0 Å².